The Hall–Kier alpha value is -3.30. The Morgan fingerprint density at radius 1 is 0.552 bits per heavy atom. The number of hydrogen-bond acceptors (Lipinski definition) is 2. The maximum Gasteiger partial charge on any atom is 0.0964 e. The van der Waals surface area contributed by atoms with Gasteiger partial charge in [0.2, 0.25) is 0 Å². The van der Waals surface area contributed by atoms with Crippen molar-refractivity contribution in [3.05, 3.63) is 95.7 Å². The Balaban J connectivity index is 1.53. The molecule has 0 spiro atoms. The molecule has 136 valence electrons. The van der Waals surface area contributed by atoms with Crippen LogP contribution in [0.5, 0.6) is 0 Å². The molecule has 0 aliphatic heterocycles. The molecule has 4 aromatic carbocycles. The lowest BCUT2D eigenvalue weighted by Crippen LogP contribution is -1.87. The molecular formula is C26H15BrN2. The minimum atomic E-state index is 0.948. The van der Waals surface area contributed by atoms with E-state index in [2.05, 4.69) is 93.7 Å². The molecule has 0 saturated heterocycles. The summed E-state index contributed by atoms with van der Waals surface area (Å²) < 4.78 is 1.10. The highest BCUT2D eigenvalue weighted by molar-refractivity contribution is 9.10. The van der Waals surface area contributed by atoms with E-state index >= 15 is 0 Å². The molecule has 0 atom stereocenters. The van der Waals surface area contributed by atoms with Crippen LogP contribution in [0.3, 0.4) is 0 Å². The molecule has 0 bridgehead atoms. The van der Waals surface area contributed by atoms with E-state index < -0.39 is 0 Å². The summed E-state index contributed by atoms with van der Waals surface area (Å²) in [5.74, 6) is 0. The van der Waals surface area contributed by atoms with E-state index in [0.717, 1.165) is 31.8 Å². The second kappa shape index (κ2) is 6.36. The van der Waals surface area contributed by atoms with Gasteiger partial charge in [0.15, 0.2) is 0 Å². The number of rotatable bonds is 1. The van der Waals surface area contributed by atoms with E-state index in [9.17, 15) is 0 Å². The van der Waals surface area contributed by atoms with Crippen molar-refractivity contribution in [2.45, 2.75) is 0 Å². The number of nitrogens with zero attached hydrogens (tertiary/aromatic N) is 2. The fourth-order valence-electron chi connectivity index (χ4n) is 4.12. The van der Waals surface area contributed by atoms with Crippen LogP contribution in [-0.2, 0) is 0 Å². The maximum absolute atomic E-state index is 4.76. The molecule has 6 rings (SSSR count). The highest BCUT2D eigenvalue weighted by Crippen LogP contribution is 2.32. The molecule has 2 heterocycles. The highest BCUT2D eigenvalue weighted by atomic mass is 79.9. The van der Waals surface area contributed by atoms with Crippen molar-refractivity contribution in [2.24, 2.45) is 0 Å². The molecule has 29 heavy (non-hydrogen) atoms. The number of benzene rings is 4. The average Bonchev–Trinajstić information content (AvgIpc) is 2.78. The van der Waals surface area contributed by atoms with Gasteiger partial charge in [0, 0.05) is 33.2 Å². The SMILES string of the molecule is Brc1ccc2c(ccc3cc(-c4cnc5c(ccc6cccnc65)c4)ccc32)c1. The van der Waals surface area contributed by atoms with E-state index in [-0.39, 0.29) is 0 Å². The van der Waals surface area contributed by atoms with E-state index in [0.29, 0.717) is 0 Å². The van der Waals surface area contributed by atoms with Crippen LogP contribution in [0.1, 0.15) is 0 Å². The molecule has 0 aliphatic carbocycles. The molecule has 0 aliphatic rings. The van der Waals surface area contributed by atoms with Crippen LogP contribution in [0.4, 0.5) is 0 Å². The molecular weight excluding hydrogens is 420 g/mol. The number of hydrogen-bond donors (Lipinski definition) is 0. The number of halogens is 1. The summed E-state index contributed by atoms with van der Waals surface area (Å²) in [6.45, 7) is 0. The van der Waals surface area contributed by atoms with Gasteiger partial charge in [0.05, 0.1) is 11.0 Å². The lowest BCUT2D eigenvalue weighted by atomic mass is 9.97. The van der Waals surface area contributed by atoms with Crippen molar-refractivity contribution in [1.82, 2.24) is 9.97 Å². The first-order valence-corrected chi connectivity index (χ1v) is 10.3. The first-order valence-electron chi connectivity index (χ1n) is 9.52. The number of fused-ring (bicyclic) bond motifs is 6. The predicted molar refractivity (Wildman–Crippen MR) is 125 cm³/mol. The molecule has 0 saturated carbocycles. The van der Waals surface area contributed by atoms with Gasteiger partial charge in [-0.2, -0.15) is 0 Å². The van der Waals surface area contributed by atoms with Crippen molar-refractivity contribution < 1.29 is 0 Å². The van der Waals surface area contributed by atoms with Crippen LogP contribution < -0.4 is 0 Å². The van der Waals surface area contributed by atoms with Crippen molar-refractivity contribution in [3.8, 4) is 11.1 Å². The minimum absolute atomic E-state index is 0.948. The highest BCUT2D eigenvalue weighted by Gasteiger charge is 2.07. The topological polar surface area (TPSA) is 25.8 Å². The second-order valence-electron chi connectivity index (χ2n) is 7.30. The van der Waals surface area contributed by atoms with Crippen LogP contribution in [0.2, 0.25) is 0 Å². The van der Waals surface area contributed by atoms with Gasteiger partial charge < -0.3 is 0 Å². The Morgan fingerprint density at radius 2 is 1.24 bits per heavy atom. The molecule has 0 fully saturated rings. The van der Waals surface area contributed by atoms with Crippen LogP contribution in [0, 0.1) is 0 Å². The summed E-state index contributed by atoms with van der Waals surface area (Å²) >= 11 is 3.56. The van der Waals surface area contributed by atoms with Gasteiger partial charge in [-0.05, 0) is 57.4 Å². The fraction of sp³-hybridized carbons (Fsp3) is 0. The van der Waals surface area contributed by atoms with Crippen molar-refractivity contribution in [1.29, 1.82) is 0 Å². The summed E-state index contributed by atoms with van der Waals surface area (Å²) in [5, 5.41) is 7.24. The Bertz CT molecular complexity index is 1570. The standard InChI is InChI=1S/C26H15BrN2/c27-22-8-10-24-19(14-22)5-4-18-12-17(7-9-23(18)24)21-13-20-6-3-16-2-1-11-28-25(16)26(20)29-15-21/h1-15H. The Labute approximate surface area is 176 Å². The summed E-state index contributed by atoms with van der Waals surface area (Å²) in [6.07, 6.45) is 3.78. The third kappa shape index (κ3) is 2.70. The van der Waals surface area contributed by atoms with E-state index in [1.54, 1.807) is 0 Å². The Kier molecular flexibility index (Phi) is 3.65. The van der Waals surface area contributed by atoms with Gasteiger partial charge in [-0.25, -0.2) is 0 Å². The quantitative estimate of drug-likeness (QED) is 0.250. The van der Waals surface area contributed by atoms with Crippen LogP contribution >= 0.6 is 15.9 Å². The lowest BCUT2D eigenvalue weighted by Gasteiger charge is -2.09. The summed E-state index contributed by atoms with van der Waals surface area (Å²) in [5.41, 5.74) is 4.19. The average molecular weight is 435 g/mol. The summed E-state index contributed by atoms with van der Waals surface area (Å²) in [7, 11) is 0. The molecule has 3 heteroatoms. The molecule has 0 radical (unpaired) electrons. The lowest BCUT2D eigenvalue weighted by molar-refractivity contribution is 1.37. The summed E-state index contributed by atoms with van der Waals surface area (Å²) in [6, 6.07) is 27.9. The van der Waals surface area contributed by atoms with E-state index in [1.807, 2.05) is 18.5 Å². The zero-order valence-electron chi connectivity index (χ0n) is 15.4. The third-order valence-electron chi connectivity index (χ3n) is 5.55. The van der Waals surface area contributed by atoms with Gasteiger partial charge in [-0.3, -0.25) is 9.97 Å². The van der Waals surface area contributed by atoms with Gasteiger partial charge in [-0.1, -0.05) is 64.5 Å². The summed E-state index contributed by atoms with van der Waals surface area (Å²) in [4.78, 5) is 9.28. The fourth-order valence-corrected chi connectivity index (χ4v) is 4.49. The smallest absolute Gasteiger partial charge is 0.0964 e. The second-order valence-corrected chi connectivity index (χ2v) is 8.22. The first-order chi connectivity index (χ1) is 14.3. The normalized spacial score (nSPS) is 11.6. The maximum atomic E-state index is 4.76. The van der Waals surface area contributed by atoms with Crippen LogP contribution in [0.25, 0.3) is 54.5 Å². The van der Waals surface area contributed by atoms with Crippen LogP contribution in [-0.4, -0.2) is 9.97 Å². The van der Waals surface area contributed by atoms with Crippen molar-refractivity contribution in [3.63, 3.8) is 0 Å². The van der Waals surface area contributed by atoms with Gasteiger partial charge in [0.1, 0.15) is 0 Å². The largest absolute Gasteiger partial charge is 0.254 e. The third-order valence-corrected chi connectivity index (χ3v) is 6.05. The van der Waals surface area contributed by atoms with Gasteiger partial charge in [0.25, 0.3) is 0 Å². The van der Waals surface area contributed by atoms with Gasteiger partial charge in [-0.15, -0.1) is 0 Å². The van der Waals surface area contributed by atoms with E-state index in [1.165, 1.54) is 27.1 Å². The molecule has 0 N–H and O–H groups in total. The van der Waals surface area contributed by atoms with E-state index in [4.69, 9.17) is 4.98 Å². The van der Waals surface area contributed by atoms with Crippen molar-refractivity contribution in [2.75, 3.05) is 0 Å². The van der Waals surface area contributed by atoms with Crippen molar-refractivity contribution >= 4 is 59.3 Å². The minimum Gasteiger partial charge on any atom is -0.254 e. The Morgan fingerprint density at radius 3 is 2.14 bits per heavy atom. The van der Waals surface area contributed by atoms with Gasteiger partial charge >= 0.3 is 0 Å². The number of pyridine rings is 2. The molecule has 2 aromatic heterocycles. The molecule has 6 aromatic rings. The number of aromatic nitrogens is 2. The zero-order valence-corrected chi connectivity index (χ0v) is 17.0. The molecule has 0 amide bonds. The molecule has 0 unspecified atom stereocenters. The first kappa shape index (κ1) is 16.6. The predicted octanol–water partition coefficient (Wildman–Crippen LogP) is 7.52. The molecule has 2 nitrogen and oxygen atoms in total. The monoisotopic (exact) mass is 434 g/mol. The van der Waals surface area contributed by atoms with Crippen LogP contribution in [0.15, 0.2) is 95.7 Å². The zero-order chi connectivity index (χ0) is 19.4.